The summed E-state index contributed by atoms with van der Waals surface area (Å²) in [6.07, 6.45) is 5.45. The zero-order valence-corrected chi connectivity index (χ0v) is 19.0. The molecular weight excluding hydrogens is 390 g/mol. The monoisotopic (exact) mass is 421 g/mol. The number of thioether (sulfide) groups is 1. The maximum Gasteiger partial charge on any atom is 0.260 e. The fraction of sp³-hybridized carbons (Fsp3) is 0.667. The molecule has 0 saturated heterocycles. The van der Waals surface area contributed by atoms with Gasteiger partial charge in [-0.25, -0.2) is 4.98 Å². The van der Waals surface area contributed by atoms with E-state index in [0.717, 1.165) is 48.1 Å². The summed E-state index contributed by atoms with van der Waals surface area (Å²) >= 11 is 2.93. The first-order valence-corrected chi connectivity index (χ1v) is 12.2. The van der Waals surface area contributed by atoms with Crippen molar-refractivity contribution >= 4 is 39.2 Å². The molecule has 1 saturated carbocycles. The number of aromatic amines is 1. The second-order valence-electron chi connectivity index (χ2n) is 7.98. The minimum atomic E-state index is -0.0778. The molecule has 0 unspecified atom stereocenters. The number of carbonyl (C=O) groups is 1. The molecular formula is C21H31N3O2S2. The Hall–Kier alpha value is -1.34. The van der Waals surface area contributed by atoms with Crippen molar-refractivity contribution in [3.63, 3.8) is 0 Å². The molecule has 1 N–H and O–H groups in total. The highest BCUT2D eigenvalue weighted by Gasteiger charge is 2.26. The number of aromatic nitrogens is 2. The van der Waals surface area contributed by atoms with E-state index in [1.54, 1.807) is 11.3 Å². The number of aryl methyl sites for hydroxylation is 1. The first-order chi connectivity index (χ1) is 13.4. The van der Waals surface area contributed by atoms with Gasteiger partial charge >= 0.3 is 0 Å². The molecule has 0 spiro atoms. The second kappa shape index (κ2) is 9.44. The van der Waals surface area contributed by atoms with Crippen LogP contribution in [0.4, 0.5) is 0 Å². The Morgan fingerprint density at radius 3 is 2.79 bits per heavy atom. The summed E-state index contributed by atoms with van der Waals surface area (Å²) in [5.41, 5.74) is 1.06. The van der Waals surface area contributed by atoms with E-state index in [0.29, 0.717) is 22.7 Å². The Kier molecular flexibility index (Phi) is 7.20. The molecule has 0 aliphatic heterocycles. The number of nitrogens with one attached hydrogen (secondary N) is 1. The summed E-state index contributed by atoms with van der Waals surface area (Å²) in [5, 5.41) is 1.28. The van der Waals surface area contributed by atoms with E-state index >= 15 is 0 Å². The van der Waals surface area contributed by atoms with Crippen molar-refractivity contribution in [1.82, 2.24) is 14.9 Å². The van der Waals surface area contributed by atoms with E-state index in [9.17, 15) is 9.59 Å². The number of fused-ring (bicyclic) bond motifs is 1. The molecule has 1 amide bonds. The summed E-state index contributed by atoms with van der Waals surface area (Å²) in [7, 11) is 0. The van der Waals surface area contributed by atoms with Gasteiger partial charge in [-0.05, 0) is 50.0 Å². The molecule has 2 aromatic rings. The van der Waals surface area contributed by atoms with Gasteiger partial charge in [-0.2, -0.15) is 0 Å². The van der Waals surface area contributed by atoms with Gasteiger partial charge in [-0.1, -0.05) is 39.0 Å². The summed E-state index contributed by atoms with van der Waals surface area (Å²) in [4.78, 5) is 36.9. The summed E-state index contributed by atoms with van der Waals surface area (Å²) < 4.78 is 0. The SMILES string of the molecule is CCCN(CC1CC1)C(=O)CSc1nc2sc(C)c(C[C@@H](C)CC)c2c(=O)[nH]1. The van der Waals surface area contributed by atoms with Crippen LogP contribution in [0.3, 0.4) is 0 Å². The molecule has 5 nitrogen and oxygen atoms in total. The zero-order valence-electron chi connectivity index (χ0n) is 17.3. The number of amides is 1. The molecule has 1 aliphatic carbocycles. The fourth-order valence-electron chi connectivity index (χ4n) is 3.38. The third-order valence-corrected chi connectivity index (χ3v) is 7.34. The smallest absolute Gasteiger partial charge is 0.260 e. The summed E-state index contributed by atoms with van der Waals surface area (Å²) in [5.74, 6) is 1.69. The van der Waals surface area contributed by atoms with Gasteiger partial charge in [0.1, 0.15) is 4.83 Å². The maximum atomic E-state index is 12.7. The molecule has 0 bridgehead atoms. The van der Waals surface area contributed by atoms with Crippen molar-refractivity contribution in [2.24, 2.45) is 11.8 Å². The molecule has 3 rings (SSSR count). The molecule has 0 aromatic carbocycles. The molecule has 28 heavy (non-hydrogen) atoms. The van der Waals surface area contributed by atoms with Crippen LogP contribution in [0.5, 0.6) is 0 Å². The van der Waals surface area contributed by atoms with Crippen LogP contribution >= 0.6 is 23.1 Å². The lowest BCUT2D eigenvalue weighted by atomic mass is 9.98. The van der Waals surface area contributed by atoms with Gasteiger partial charge in [0.15, 0.2) is 5.16 Å². The predicted octanol–water partition coefficient (Wildman–Crippen LogP) is 4.62. The van der Waals surface area contributed by atoms with E-state index in [1.807, 2.05) is 4.90 Å². The van der Waals surface area contributed by atoms with E-state index < -0.39 is 0 Å². The largest absolute Gasteiger partial charge is 0.342 e. The topological polar surface area (TPSA) is 66.1 Å². The maximum absolute atomic E-state index is 12.7. The van der Waals surface area contributed by atoms with Crippen molar-refractivity contribution in [3.05, 3.63) is 20.8 Å². The normalized spacial score (nSPS) is 15.1. The summed E-state index contributed by atoms with van der Waals surface area (Å²) in [6.45, 7) is 10.2. The fourth-order valence-corrected chi connectivity index (χ4v) is 5.26. The average molecular weight is 422 g/mol. The van der Waals surface area contributed by atoms with Crippen molar-refractivity contribution in [3.8, 4) is 0 Å². The third-order valence-electron chi connectivity index (χ3n) is 5.44. The van der Waals surface area contributed by atoms with E-state index in [2.05, 4.69) is 37.7 Å². The Morgan fingerprint density at radius 1 is 1.39 bits per heavy atom. The van der Waals surface area contributed by atoms with Gasteiger partial charge in [0, 0.05) is 18.0 Å². The van der Waals surface area contributed by atoms with E-state index in [1.165, 1.54) is 29.5 Å². The average Bonchev–Trinajstić information content (AvgIpc) is 3.42. The van der Waals surface area contributed by atoms with E-state index in [-0.39, 0.29) is 11.5 Å². The van der Waals surface area contributed by atoms with Crippen LogP contribution in [-0.4, -0.2) is 39.6 Å². The standard InChI is InChI=1S/C21H31N3O2S2/c1-5-9-24(11-15-7-8-15)17(25)12-27-21-22-19(26)18-16(10-13(3)6-2)14(4)28-20(18)23-21/h13,15H,5-12H2,1-4H3,(H,22,23,26)/t13-/m0/s1. The van der Waals surface area contributed by atoms with Gasteiger partial charge in [0.25, 0.3) is 5.56 Å². The van der Waals surface area contributed by atoms with Crippen molar-refractivity contribution in [1.29, 1.82) is 0 Å². The Morgan fingerprint density at radius 2 is 2.14 bits per heavy atom. The highest BCUT2D eigenvalue weighted by Crippen LogP contribution is 2.31. The lowest BCUT2D eigenvalue weighted by molar-refractivity contribution is -0.128. The quantitative estimate of drug-likeness (QED) is 0.449. The highest BCUT2D eigenvalue weighted by atomic mass is 32.2. The molecule has 1 aliphatic rings. The van der Waals surface area contributed by atoms with Gasteiger partial charge in [0.05, 0.1) is 11.1 Å². The number of carbonyl (C=O) groups excluding carboxylic acids is 1. The van der Waals surface area contributed by atoms with E-state index in [4.69, 9.17) is 0 Å². The van der Waals surface area contributed by atoms with Crippen LogP contribution in [0.15, 0.2) is 9.95 Å². The second-order valence-corrected chi connectivity index (χ2v) is 10.1. The number of nitrogens with zero attached hydrogens (tertiary/aromatic N) is 2. The zero-order chi connectivity index (χ0) is 20.3. The summed E-state index contributed by atoms with van der Waals surface area (Å²) in [6, 6.07) is 0. The third kappa shape index (κ3) is 5.17. The first-order valence-electron chi connectivity index (χ1n) is 10.4. The molecule has 7 heteroatoms. The predicted molar refractivity (Wildman–Crippen MR) is 118 cm³/mol. The number of rotatable bonds is 10. The van der Waals surface area contributed by atoms with Crippen LogP contribution in [0.2, 0.25) is 0 Å². The highest BCUT2D eigenvalue weighted by molar-refractivity contribution is 7.99. The number of H-pyrrole nitrogens is 1. The Labute approximate surface area is 175 Å². The molecule has 2 heterocycles. The molecule has 1 fully saturated rings. The molecule has 154 valence electrons. The van der Waals surface area contributed by atoms with Crippen molar-refractivity contribution in [2.45, 2.75) is 65.0 Å². The lowest BCUT2D eigenvalue weighted by Crippen LogP contribution is -2.35. The minimum Gasteiger partial charge on any atom is -0.342 e. The lowest BCUT2D eigenvalue weighted by Gasteiger charge is -2.21. The first kappa shape index (κ1) is 21.4. The van der Waals surface area contributed by atoms with Gasteiger partial charge in [0.2, 0.25) is 5.91 Å². The molecule has 2 aromatic heterocycles. The van der Waals surface area contributed by atoms with Crippen LogP contribution in [0.1, 0.15) is 56.9 Å². The van der Waals surface area contributed by atoms with Crippen LogP contribution in [0, 0.1) is 18.8 Å². The number of hydrogen-bond acceptors (Lipinski definition) is 5. The van der Waals surface area contributed by atoms with Crippen molar-refractivity contribution in [2.75, 3.05) is 18.8 Å². The van der Waals surface area contributed by atoms with Crippen molar-refractivity contribution < 1.29 is 4.79 Å². The number of thiophene rings is 1. The van der Waals surface area contributed by atoms with Gasteiger partial charge in [-0.15, -0.1) is 11.3 Å². The Bertz CT molecular complexity index is 886. The molecule has 0 radical (unpaired) electrons. The van der Waals surface area contributed by atoms with Gasteiger partial charge < -0.3 is 9.88 Å². The Balaban J connectivity index is 1.73. The van der Waals surface area contributed by atoms with Crippen LogP contribution in [0.25, 0.3) is 10.2 Å². The van der Waals surface area contributed by atoms with Gasteiger partial charge in [-0.3, -0.25) is 9.59 Å². The minimum absolute atomic E-state index is 0.0778. The number of hydrogen-bond donors (Lipinski definition) is 1. The van der Waals surface area contributed by atoms with Crippen LogP contribution in [-0.2, 0) is 11.2 Å². The molecule has 1 atom stereocenters. The van der Waals surface area contributed by atoms with Crippen LogP contribution < -0.4 is 5.56 Å².